The van der Waals surface area contributed by atoms with Gasteiger partial charge in [-0.25, -0.2) is 0 Å². The zero-order valence-corrected chi connectivity index (χ0v) is 16.3. The van der Waals surface area contributed by atoms with Crippen molar-refractivity contribution in [2.45, 2.75) is 84.5 Å². The van der Waals surface area contributed by atoms with Gasteiger partial charge in [0, 0.05) is 12.2 Å². The molecule has 0 unspecified atom stereocenters. The van der Waals surface area contributed by atoms with Crippen molar-refractivity contribution in [3.63, 3.8) is 0 Å². The van der Waals surface area contributed by atoms with Gasteiger partial charge in [-0.1, -0.05) is 65.2 Å². The summed E-state index contributed by atoms with van der Waals surface area (Å²) in [6, 6.07) is 0. The van der Waals surface area contributed by atoms with E-state index in [0.29, 0.717) is 6.42 Å². The molecular weight excluding hydrogens is 328 g/mol. The molecule has 0 saturated carbocycles. The second-order valence-electron chi connectivity index (χ2n) is 5.48. The van der Waals surface area contributed by atoms with E-state index >= 15 is 0 Å². The Labute approximate surface area is 152 Å². The zero-order chi connectivity index (χ0) is 19.1. The molecule has 24 heavy (non-hydrogen) atoms. The summed E-state index contributed by atoms with van der Waals surface area (Å²) in [4.78, 5) is 19.7. The molecule has 146 valence electrons. The first-order valence-corrected chi connectivity index (χ1v) is 9.86. The molecule has 7 heteroatoms. The monoisotopic (exact) mass is 366 g/mol. The summed E-state index contributed by atoms with van der Waals surface area (Å²) in [7, 11) is 0. The van der Waals surface area contributed by atoms with E-state index in [-0.39, 0.29) is 12.5 Å². The highest BCUT2D eigenvalue weighted by Crippen LogP contribution is 2.10. The number of nitrogens with two attached hydrogens (primary N) is 2. The van der Waals surface area contributed by atoms with Gasteiger partial charge in [0.05, 0.1) is 6.54 Å². The van der Waals surface area contributed by atoms with Crippen LogP contribution in [0.1, 0.15) is 84.5 Å². The van der Waals surface area contributed by atoms with Gasteiger partial charge in [-0.3, -0.25) is 9.59 Å². The van der Waals surface area contributed by atoms with Crippen molar-refractivity contribution < 1.29 is 19.2 Å². The number of unbranched alkanes of at least 4 members (excludes halogenated alkanes) is 8. The highest BCUT2D eigenvalue weighted by atomic mass is 32.2. The summed E-state index contributed by atoms with van der Waals surface area (Å²) in [6.07, 6.45) is 13.2. The average Bonchev–Trinajstić information content (AvgIpc) is 2.55. The fourth-order valence-corrected chi connectivity index (χ4v) is 1.88. The number of carboxylic acid groups (broad SMARTS) is 1. The fraction of sp³-hybridized carbons (Fsp3) is 0.882. The van der Waals surface area contributed by atoms with Gasteiger partial charge >= 0.3 is 5.97 Å². The number of carbonyl (C=O) groups excluding carboxylic acids is 1. The molecule has 0 spiro atoms. The molecule has 0 aliphatic heterocycles. The van der Waals surface area contributed by atoms with Gasteiger partial charge in [-0.2, -0.15) is 0 Å². The lowest BCUT2D eigenvalue weighted by molar-refractivity contribution is -0.135. The molecule has 0 aromatic heterocycles. The molecule has 0 bridgehead atoms. The Kier molecular flexibility index (Phi) is 31.6. The van der Waals surface area contributed by atoms with Crippen molar-refractivity contribution in [2.24, 2.45) is 11.5 Å². The van der Waals surface area contributed by atoms with Crippen LogP contribution in [0.4, 0.5) is 0 Å². The number of primary amides is 1. The maximum atomic E-state index is 10.4. The van der Waals surface area contributed by atoms with Crippen molar-refractivity contribution in [2.75, 3.05) is 12.3 Å². The van der Waals surface area contributed by atoms with Gasteiger partial charge in [0.25, 0.3) is 0 Å². The number of hydrogen-bond acceptors (Lipinski definition) is 5. The van der Waals surface area contributed by atoms with Crippen molar-refractivity contribution in [1.82, 2.24) is 0 Å². The molecule has 0 heterocycles. The van der Waals surface area contributed by atoms with Gasteiger partial charge in [0.2, 0.25) is 5.91 Å². The molecule has 0 aliphatic carbocycles. The minimum atomic E-state index is -0.968. The first kappa shape index (κ1) is 28.0. The Morgan fingerprint density at radius 3 is 1.54 bits per heavy atom. The summed E-state index contributed by atoms with van der Waals surface area (Å²) in [5, 5.41) is 7.60. The molecule has 0 rings (SSSR count). The summed E-state index contributed by atoms with van der Waals surface area (Å²) >= 11 is 0.902. The maximum Gasteiger partial charge on any atom is 0.317 e. The quantitative estimate of drug-likeness (QED) is 0.288. The number of carbonyl (C=O) groups is 2. The molecule has 0 radical (unpaired) electrons. The Morgan fingerprint density at radius 2 is 1.29 bits per heavy atom. The van der Waals surface area contributed by atoms with Crippen LogP contribution in [0.5, 0.6) is 0 Å². The van der Waals surface area contributed by atoms with Gasteiger partial charge in [-0.15, -0.1) is 0 Å². The zero-order valence-electron chi connectivity index (χ0n) is 15.5. The number of amides is 1. The van der Waals surface area contributed by atoms with E-state index in [0.717, 1.165) is 37.1 Å². The van der Waals surface area contributed by atoms with Gasteiger partial charge in [0.15, 0.2) is 0 Å². The van der Waals surface area contributed by atoms with Crippen molar-refractivity contribution in [3.8, 4) is 0 Å². The molecule has 1 amide bonds. The van der Waals surface area contributed by atoms with E-state index in [4.69, 9.17) is 15.4 Å². The van der Waals surface area contributed by atoms with Crippen LogP contribution in [0.25, 0.3) is 0 Å². The summed E-state index contributed by atoms with van der Waals surface area (Å²) in [5.74, 6) is -0.266. The molecule has 6 N–H and O–H groups in total. The van der Waals surface area contributed by atoms with Crippen LogP contribution in [-0.2, 0) is 9.59 Å². The van der Waals surface area contributed by atoms with E-state index in [2.05, 4.69) is 12.7 Å². The normalized spacial score (nSPS) is 9.33. The molecule has 0 fully saturated rings. The first-order chi connectivity index (χ1) is 11.5. The largest absolute Gasteiger partial charge is 0.480 e. The Morgan fingerprint density at radius 1 is 0.875 bits per heavy atom. The second-order valence-corrected chi connectivity index (χ2v) is 6.14. The van der Waals surface area contributed by atoms with Crippen LogP contribution in [0.2, 0.25) is 0 Å². The van der Waals surface area contributed by atoms with E-state index in [9.17, 15) is 9.59 Å². The number of aliphatic carboxylic acids is 1. The van der Waals surface area contributed by atoms with E-state index in [1.54, 1.807) is 0 Å². The fourth-order valence-electron chi connectivity index (χ4n) is 1.70. The second kappa shape index (κ2) is 27.1. The highest BCUT2D eigenvalue weighted by molar-refractivity contribution is 7.93. The summed E-state index contributed by atoms with van der Waals surface area (Å²) in [5.41, 5.74) is 9.62. The third kappa shape index (κ3) is 42.9. The lowest BCUT2D eigenvalue weighted by Gasteiger charge is -2.00. The predicted octanol–water partition coefficient (Wildman–Crippen LogP) is 4.02. The Bertz CT molecular complexity index is 265. The standard InChI is InChI=1S/C12H25NO.C3H8OS.C2H5NO2/c1-2-3-4-5-6-7-8-9-10-11-12(13)14;1-2-3-5-4;3-1-2(4)5/h2-11H2,1H3,(H2,13,14);4H,2-3H2,1H3;1,3H2,(H,4,5). The Hall–Kier alpha value is -0.790. The van der Waals surface area contributed by atoms with Gasteiger partial charge < -0.3 is 21.1 Å². The van der Waals surface area contributed by atoms with Crippen molar-refractivity contribution in [3.05, 3.63) is 0 Å². The molecule has 0 atom stereocenters. The summed E-state index contributed by atoms with van der Waals surface area (Å²) < 4.78 is 7.98. The van der Waals surface area contributed by atoms with Crippen LogP contribution in [0.15, 0.2) is 0 Å². The van der Waals surface area contributed by atoms with Crippen LogP contribution in [0.3, 0.4) is 0 Å². The SMILES string of the molecule is CCCCCCCCCCCC(N)=O.CCCSO.NCC(=O)O. The molecule has 6 nitrogen and oxygen atoms in total. The third-order valence-electron chi connectivity index (χ3n) is 3.00. The van der Waals surface area contributed by atoms with Gasteiger partial charge in [-0.05, 0) is 24.9 Å². The maximum absolute atomic E-state index is 10.4. The first-order valence-electron chi connectivity index (χ1n) is 8.92. The van der Waals surface area contributed by atoms with E-state index in [1.165, 1.54) is 44.9 Å². The predicted molar refractivity (Wildman–Crippen MR) is 103 cm³/mol. The lowest BCUT2D eigenvalue weighted by atomic mass is 10.1. The van der Waals surface area contributed by atoms with Crippen molar-refractivity contribution in [1.29, 1.82) is 0 Å². The number of hydrogen-bond donors (Lipinski definition) is 4. The minimum absolute atomic E-state index is 0.159. The molecule has 0 aromatic rings. The molecule has 0 aromatic carbocycles. The summed E-state index contributed by atoms with van der Waals surface area (Å²) in [6.45, 7) is 3.99. The molecular formula is C17H38N2O4S. The number of carboxylic acids is 1. The number of rotatable bonds is 13. The lowest BCUT2D eigenvalue weighted by Crippen LogP contribution is -2.10. The van der Waals surface area contributed by atoms with Crippen LogP contribution >= 0.6 is 12.0 Å². The van der Waals surface area contributed by atoms with Crippen LogP contribution in [-0.4, -0.2) is 33.8 Å². The Balaban J connectivity index is -0.000000361. The topological polar surface area (TPSA) is 127 Å². The van der Waals surface area contributed by atoms with Crippen LogP contribution < -0.4 is 11.5 Å². The molecule has 0 aliphatic rings. The van der Waals surface area contributed by atoms with E-state index < -0.39 is 5.97 Å². The highest BCUT2D eigenvalue weighted by Gasteiger charge is 1.94. The van der Waals surface area contributed by atoms with E-state index in [1.807, 2.05) is 6.92 Å². The smallest absolute Gasteiger partial charge is 0.317 e. The molecule has 0 saturated heterocycles. The average molecular weight is 367 g/mol. The third-order valence-corrected chi connectivity index (χ3v) is 3.59. The minimum Gasteiger partial charge on any atom is -0.480 e. The van der Waals surface area contributed by atoms with Gasteiger partial charge in [0.1, 0.15) is 0 Å². The van der Waals surface area contributed by atoms with Crippen molar-refractivity contribution >= 4 is 23.9 Å². The van der Waals surface area contributed by atoms with Crippen LogP contribution in [0, 0.1) is 0 Å².